The summed E-state index contributed by atoms with van der Waals surface area (Å²) in [6, 6.07) is 18.6. The van der Waals surface area contributed by atoms with Crippen LogP contribution in [0.3, 0.4) is 0 Å². The predicted molar refractivity (Wildman–Crippen MR) is 111 cm³/mol. The molecule has 0 N–H and O–H groups in total. The van der Waals surface area contributed by atoms with E-state index in [0.29, 0.717) is 0 Å². The molecule has 2 nitrogen and oxygen atoms in total. The van der Waals surface area contributed by atoms with E-state index in [-0.39, 0.29) is 11.3 Å². The van der Waals surface area contributed by atoms with Crippen LogP contribution in [0.5, 0.6) is 0 Å². The lowest BCUT2D eigenvalue weighted by molar-refractivity contribution is 0.0664. The minimum absolute atomic E-state index is 0.229. The van der Waals surface area contributed by atoms with Crippen LogP contribution < -0.4 is 0 Å². The maximum atomic E-state index is 13.7. The highest BCUT2D eigenvalue weighted by Crippen LogP contribution is 2.41. The Kier molecular flexibility index (Phi) is 5.57. The van der Waals surface area contributed by atoms with Gasteiger partial charge in [-0.1, -0.05) is 68.9 Å². The molecule has 3 aromatic rings. The number of benzene rings is 2. The minimum Gasteiger partial charge on any atom is -0.273 e. The molecule has 0 aliphatic heterocycles. The number of carbonyl (C=O) groups excluding carboxylic acids is 1. The van der Waals surface area contributed by atoms with Crippen molar-refractivity contribution in [2.75, 3.05) is 0 Å². The summed E-state index contributed by atoms with van der Waals surface area (Å²) in [7, 11) is 0. The topological polar surface area (TPSA) is 22.0 Å². The Morgan fingerprint density at radius 2 is 1.50 bits per heavy atom. The smallest absolute Gasteiger partial charge is 0.238 e. The SMILES string of the molecule is CCC(CC)(CC)C(=O)n1c(Sc2ccccc2)c(C)c2ccccc21. The van der Waals surface area contributed by atoms with Gasteiger partial charge >= 0.3 is 0 Å². The van der Waals surface area contributed by atoms with Gasteiger partial charge in [0.1, 0.15) is 0 Å². The largest absolute Gasteiger partial charge is 0.273 e. The van der Waals surface area contributed by atoms with Crippen LogP contribution in [-0.2, 0) is 0 Å². The molecule has 0 saturated heterocycles. The van der Waals surface area contributed by atoms with E-state index >= 15 is 0 Å². The summed E-state index contributed by atoms with van der Waals surface area (Å²) in [5.74, 6) is 0.229. The molecule has 0 unspecified atom stereocenters. The number of hydrogen-bond donors (Lipinski definition) is 0. The van der Waals surface area contributed by atoms with Crippen molar-refractivity contribution in [3.05, 3.63) is 60.2 Å². The highest BCUT2D eigenvalue weighted by atomic mass is 32.2. The molecule has 0 bridgehead atoms. The minimum atomic E-state index is -0.305. The van der Waals surface area contributed by atoms with Crippen molar-refractivity contribution in [1.82, 2.24) is 4.57 Å². The number of aryl methyl sites for hydroxylation is 1. The molecule has 0 fully saturated rings. The third kappa shape index (κ3) is 3.09. The third-order valence-corrected chi connectivity index (χ3v) is 6.91. The van der Waals surface area contributed by atoms with Crippen LogP contribution >= 0.6 is 11.8 Å². The lowest BCUT2D eigenvalue weighted by atomic mass is 9.79. The molecule has 0 saturated carbocycles. The van der Waals surface area contributed by atoms with Crippen molar-refractivity contribution in [1.29, 1.82) is 0 Å². The third-order valence-electron chi connectivity index (χ3n) is 5.72. The number of nitrogens with zero attached hydrogens (tertiary/aromatic N) is 1. The lowest BCUT2D eigenvalue weighted by Gasteiger charge is -2.30. The van der Waals surface area contributed by atoms with Crippen LogP contribution in [-0.4, -0.2) is 10.5 Å². The Balaban J connectivity index is 2.23. The molecule has 1 aromatic heterocycles. The molecule has 3 rings (SSSR count). The average Bonchev–Trinajstić information content (AvgIpc) is 2.96. The number of aromatic nitrogens is 1. The first-order valence-electron chi connectivity index (χ1n) is 9.45. The summed E-state index contributed by atoms with van der Waals surface area (Å²) in [4.78, 5) is 14.9. The van der Waals surface area contributed by atoms with Crippen molar-refractivity contribution in [2.45, 2.75) is 56.9 Å². The number of rotatable bonds is 6. The quantitative estimate of drug-likeness (QED) is 0.471. The fraction of sp³-hybridized carbons (Fsp3) is 0.348. The van der Waals surface area contributed by atoms with Crippen molar-refractivity contribution < 1.29 is 4.79 Å². The summed E-state index contributed by atoms with van der Waals surface area (Å²) >= 11 is 1.68. The van der Waals surface area contributed by atoms with Crippen LogP contribution in [0.2, 0.25) is 0 Å². The van der Waals surface area contributed by atoms with E-state index in [1.54, 1.807) is 11.8 Å². The molecule has 0 radical (unpaired) electrons. The van der Waals surface area contributed by atoms with Gasteiger partial charge < -0.3 is 0 Å². The summed E-state index contributed by atoms with van der Waals surface area (Å²) in [5.41, 5.74) is 1.90. The zero-order valence-corrected chi connectivity index (χ0v) is 16.9. The van der Waals surface area contributed by atoms with Gasteiger partial charge in [-0.2, -0.15) is 0 Å². The zero-order chi connectivity index (χ0) is 18.7. The van der Waals surface area contributed by atoms with Gasteiger partial charge in [-0.05, 0) is 49.9 Å². The first kappa shape index (κ1) is 18.8. The first-order chi connectivity index (χ1) is 12.6. The molecule has 0 amide bonds. The highest BCUT2D eigenvalue weighted by molar-refractivity contribution is 7.99. The molecule has 26 heavy (non-hydrogen) atoms. The number of carbonyl (C=O) groups is 1. The van der Waals surface area contributed by atoms with E-state index in [4.69, 9.17) is 0 Å². The van der Waals surface area contributed by atoms with E-state index in [1.807, 2.05) is 34.9 Å². The van der Waals surface area contributed by atoms with E-state index in [2.05, 4.69) is 52.0 Å². The summed E-state index contributed by atoms with van der Waals surface area (Å²) in [6.45, 7) is 8.53. The van der Waals surface area contributed by atoms with Gasteiger partial charge in [0.25, 0.3) is 0 Å². The number of fused-ring (bicyclic) bond motifs is 1. The summed E-state index contributed by atoms with van der Waals surface area (Å²) < 4.78 is 1.98. The van der Waals surface area contributed by atoms with Crippen LogP contribution in [0.4, 0.5) is 0 Å². The number of hydrogen-bond acceptors (Lipinski definition) is 2. The second-order valence-corrected chi connectivity index (χ2v) is 7.91. The Morgan fingerprint density at radius 1 is 0.923 bits per heavy atom. The molecule has 0 aliphatic carbocycles. The lowest BCUT2D eigenvalue weighted by Crippen LogP contribution is -2.34. The van der Waals surface area contributed by atoms with Crippen LogP contribution in [0.25, 0.3) is 10.9 Å². The number of para-hydroxylation sites is 1. The standard InChI is InChI=1S/C23H27NOS/c1-5-23(6-2,7-3)22(25)24-20-16-12-11-15-19(20)17(4)21(24)26-18-13-9-8-10-14-18/h8-16H,5-7H2,1-4H3. The molecule has 0 spiro atoms. The van der Waals surface area contributed by atoms with Gasteiger partial charge in [-0.3, -0.25) is 9.36 Å². The van der Waals surface area contributed by atoms with Crippen molar-refractivity contribution in [3.63, 3.8) is 0 Å². The molecule has 2 aromatic carbocycles. The monoisotopic (exact) mass is 365 g/mol. The Morgan fingerprint density at radius 3 is 2.12 bits per heavy atom. The van der Waals surface area contributed by atoms with Crippen molar-refractivity contribution in [3.8, 4) is 0 Å². The maximum absolute atomic E-state index is 13.7. The van der Waals surface area contributed by atoms with Gasteiger partial charge in [0.15, 0.2) is 0 Å². The molecule has 136 valence electrons. The normalized spacial score (nSPS) is 11.8. The van der Waals surface area contributed by atoms with Crippen LogP contribution in [0, 0.1) is 12.3 Å². The van der Waals surface area contributed by atoms with E-state index in [9.17, 15) is 4.79 Å². The molecule has 0 aliphatic rings. The van der Waals surface area contributed by atoms with Gasteiger partial charge in [-0.15, -0.1) is 0 Å². The second kappa shape index (κ2) is 7.71. The summed E-state index contributed by atoms with van der Waals surface area (Å²) in [5, 5.41) is 2.21. The van der Waals surface area contributed by atoms with Gasteiger partial charge in [0, 0.05) is 15.7 Å². The van der Waals surface area contributed by atoms with Gasteiger partial charge in [-0.25, -0.2) is 0 Å². The fourth-order valence-electron chi connectivity index (χ4n) is 3.74. The van der Waals surface area contributed by atoms with E-state index < -0.39 is 0 Å². The maximum Gasteiger partial charge on any atom is 0.238 e. The summed E-state index contributed by atoms with van der Waals surface area (Å²) in [6.07, 6.45) is 2.58. The van der Waals surface area contributed by atoms with Gasteiger partial charge in [0.05, 0.1) is 10.5 Å². The molecular weight excluding hydrogens is 338 g/mol. The Bertz CT molecular complexity index is 898. The zero-order valence-electron chi connectivity index (χ0n) is 16.1. The van der Waals surface area contributed by atoms with Crippen LogP contribution in [0.15, 0.2) is 64.5 Å². The fourth-order valence-corrected chi connectivity index (χ4v) is 4.79. The van der Waals surface area contributed by atoms with E-state index in [0.717, 1.165) is 40.1 Å². The second-order valence-electron chi connectivity index (χ2n) is 6.84. The van der Waals surface area contributed by atoms with Crippen molar-refractivity contribution in [2.24, 2.45) is 5.41 Å². The van der Waals surface area contributed by atoms with Crippen LogP contribution in [0.1, 0.15) is 50.4 Å². The molecule has 0 atom stereocenters. The Labute approximate surface area is 160 Å². The average molecular weight is 366 g/mol. The highest BCUT2D eigenvalue weighted by Gasteiger charge is 2.36. The first-order valence-corrected chi connectivity index (χ1v) is 10.3. The van der Waals surface area contributed by atoms with Crippen molar-refractivity contribution >= 4 is 28.6 Å². The van der Waals surface area contributed by atoms with Gasteiger partial charge in [0.2, 0.25) is 5.91 Å². The molecule has 1 heterocycles. The predicted octanol–water partition coefficient (Wildman–Crippen LogP) is 6.96. The Hall–Kier alpha value is -2.00. The molecule has 3 heteroatoms. The molecular formula is C23H27NOS. The van der Waals surface area contributed by atoms with E-state index in [1.165, 1.54) is 5.56 Å².